The molecular formula is C26H46N4O6. The van der Waals surface area contributed by atoms with E-state index in [1.807, 2.05) is 34.6 Å². The van der Waals surface area contributed by atoms with Crippen LogP contribution in [0.15, 0.2) is 0 Å². The Kier molecular flexibility index (Phi) is 13.1. The monoisotopic (exact) mass is 510 g/mol. The first-order valence-electron chi connectivity index (χ1n) is 13.1. The average molecular weight is 511 g/mol. The molecule has 0 bridgehead atoms. The van der Waals surface area contributed by atoms with Crippen molar-refractivity contribution in [2.24, 2.45) is 11.8 Å². The van der Waals surface area contributed by atoms with Crippen LogP contribution in [0, 0.1) is 11.8 Å². The summed E-state index contributed by atoms with van der Waals surface area (Å²) in [7, 11) is 1.49. The van der Waals surface area contributed by atoms with E-state index in [1.165, 1.54) is 7.05 Å². The fraction of sp³-hybridized carbons (Fsp3) is 0.808. The van der Waals surface area contributed by atoms with Gasteiger partial charge in [-0.15, -0.1) is 0 Å². The fourth-order valence-electron chi connectivity index (χ4n) is 3.84. The Bertz CT molecular complexity index is 778. The summed E-state index contributed by atoms with van der Waals surface area (Å²) in [6.07, 6.45) is 3.44. The molecule has 10 heteroatoms. The summed E-state index contributed by atoms with van der Waals surface area (Å²) in [5.41, 5.74) is -0.904. The molecule has 0 radical (unpaired) electrons. The van der Waals surface area contributed by atoms with Crippen LogP contribution in [0.4, 0.5) is 0 Å². The van der Waals surface area contributed by atoms with E-state index in [-0.39, 0.29) is 42.3 Å². The molecule has 1 saturated heterocycles. The van der Waals surface area contributed by atoms with Crippen molar-refractivity contribution in [2.45, 2.75) is 110 Å². The van der Waals surface area contributed by atoms with Crippen LogP contribution in [-0.4, -0.2) is 66.8 Å². The zero-order valence-electron chi connectivity index (χ0n) is 23.0. The van der Waals surface area contributed by atoms with Gasteiger partial charge < -0.3 is 26.0 Å². The summed E-state index contributed by atoms with van der Waals surface area (Å²) >= 11 is 0. The van der Waals surface area contributed by atoms with E-state index in [0.29, 0.717) is 19.4 Å². The number of Topliss-reactive ketones (excluding diaryl/α,β-unsaturated/α-hetero) is 1. The molecule has 0 saturated carbocycles. The SMILES string of the molecule is CCCCCC(=O)N[C@H](C(=O)N[C@@H](CCC(=O)NC)C(=O)N[C@@H](CC(C)C)C(=O)[C@@]1(C)CO1)C(C)C. The second-order valence-corrected chi connectivity index (χ2v) is 10.6. The van der Waals surface area contributed by atoms with E-state index in [9.17, 15) is 24.0 Å². The lowest BCUT2D eigenvalue weighted by Crippen LogP contribution is -2.57. The van der Waals surface area contributed by atoms with E-state index < -0.39 is 35.5 Å². The molecule has 1 fully saturated rings. The van der Waals surface area contributed by atoms with Crippen LogP contribution >= 0.6 is 0 Å². The molecule has 4 amide bonds. The molecule has 0 spiro atoms. The van der Waals surface area contributed by atoms with Gasteiger partial charge in [-0.05, 0) is 38.0 Å². The van der Waals surface area contributed by atoms with Crippen molar-refractivity contribution >= 4 is 29.4 Å². The molecule has 1 heterocycles. The summed E-state index contributed by atoms with van der Waals surface area (Å²) in [6.45, 7) is 11.6. The molecule has 1 aliphatic heterocycles. The summed E-state index contributed by atoms with van der Waals surface area (Å²) in [4.78, 5) is 63.6. The van der Waals surface area contributed by atoms with E-state index >= 15 is 0 Å². The quantitative estimate of drug-likeness (QED) is 0.173. The van der Waals surface area contributed by atoms with Gasteiger partial charge in [0.15, 0.2) is 5.78 Å². The van der Waals surface area contributed by atoms with Gasteiger partial charge in [0.2, 0.25) is 23.6 Å². The van der Waals surface area contributed by atoms with Gasteiger partial charge in [-0.25, -0.2) is 0 Å². The minimum atomic E-state index is -1.05. The molecule has 0 aromatic heterocycles. The average Bonchev–Trinajstić information content (AvgIpc) is 3.56. The molecule has 0 unspecified atom stereocenters. The highest BCUT2D eigenvalue weighted by Crippen LogP contribution is 2.29. The second kappa shape index (κ2) is 14.9. The lowest BCUT2D eigenvalue weighted by atomic mass is 9.93. The molecule has 0 aliphatic carbocycles. The number of ketones is 1. The molecule has 10 nitrogen and oxygen atoms in total. The molecule has 1 rings (SSSR count). The number of epoxide rings is 1. The smallest absolute Gasteiger partial charge is 0.243 e. The standard InChI is InChI=1S/C26H46N4O6/c1-8-9-10-11-21(32)30-22(17(4)5)25(35)28-18(12-13-20(31)27-7)24(34)29-19(14-16(2)3)23(33)26(6)15-36-26/h16-19,22H,8-15H2,1-7H3,(H,27,31)(H,28,35)(H,29,34)(H,30,32)/t18-,19-,22-,26+/m0/s1. The third-order valence-electron chi connectivity index (χ3n) is 6.28. The highest BCUT2D eigenvalue weighted by Gasteiger charge is 2.50. The van der Waals surface area contributed by atoms with Crippen molar-refractivity contribution in [1.82, 2.24) is 21.3 Å². The van der Waals surface area contributed by atoms with Crippen molar-refractivity contribution in [3.63, 3.8) is 0 Å². The fourth-order valence-corrected chi connectivity index (χ4v) is 3.84. The molecule has 1 aliphatic rings. The number of ether oxygens (including phenoxy) is 1. The number of nitrogens with one attached hydrogen (secondary N) is 4. The van der Waals surface area contributed by atoms with Crippen LogP contribution in [-0.2, 0) is 28.7 Å². The van der Waals surface area contributed by atoms with Crippen molar-refractivity contribution in [3.05, 3.63) is 0 Å². The second-order valence-electron chi connectivity index (χ2n) is 10.6. The van der Waals surface area contributed by atoms with Gasteiger partial charge in [0.05, 0.1) is 12.6 Å². The van der Waals surface area contributed by atoms with Crippen molar-refractivity contribution in [3.8, 4) is 0 Å². The first-order chi connectivity index (χ1) is 16.8. The maximum absolute atomic E-state index is 13.3. The summed E-state index contributed by atoms with van der Waals surface area (Å²) in [5, 5.41) is 10.8. The summed E-state index contributed by atoms with van der Waals surface area (Å²) in [5.74, 6) is -1.84. The largest absolute Gasteiger partial charge is 0.361 e. The number of rotatable bonds is 17. The lowest BCUT2D eigenvalue weighted by molar-refractivity contribution is -0.135. The number of carbonyl (C=O) groups excluding carboxylic acids is 5. The van der Waals surface area contributed by atoms with E-state index in [0.717, 1.165) is 19.3 Å². The molecule has 4 atom stereocenters. The van der Waals surface area contributed by atoms with Gasteiger partial charge in [-0.2, -0.15) is 0 Å². The predicted molar refractivity (Wildman–Crippen MR) is 137 cm³/mol. The maximum atomic E-state index is 13.3. The molecular weight excluding hydrogens is 464 g/mol. The van der Waals surface area contributed by atoms with Crippen molar-refractivity contribution in [1.29, 1.82) is 0 Å². The Morgan fingerprint density at radius 1 is 0.861 bits per heavy atom. The van der Waals surface area contributed by atoms with E-state index in [2.05, 4.69) is 21.3 Å². The minimum absolute atomic E-state index is 0.00814. The van der Waals surface area contributed by atoms with Gasteiger partial charge in [-0.1, -0.05) is 47.5 Å². The van der Waals surface area contributed by atoms with Crippen LogP contribution in [0.25, 0.3) is 0 Å². The van der Waals surface area contributed by atoms with Gasteiger partial charge >= 0.3 is 0 Å². The Balaban J connectivity index is 2.99. The zero-order chi connectivity index (χ0) is 27.5. The lowest BCUT2D eigenvalue weighted by Gasteiger charge is -2.27. The number of unbranched alkanes of at least 4 members (excludes halogenated alkanes) is 2. The Labute approximate surface area is 215 Å². The topological polar surface area (TPSA) is 146 Å². The number of hydrogen-bond acceptors (Lipinski definition) is 6. The van der Waals surface area contributed by atoms with Gasteiger partial charge in [0, 0.05) is 19.9 Å². The minimum Gasteiger partial charge on any atom is -0.361 e. The van der Waals surface area contributed by atoms with Crippen LogP contribution in [0.5, 0.6) is 0 Å². The first-order valence-corrected chi connectivity index (χ1v) is 13.1. The number of amides is 4. The highest BCUT2D eigenvalue weighted by atomic mass is 16.6. The van der Waals surface area contributed by atoms with Gasteiger partial charge in [0.1, 0.15) is 17.7 Å². The van der Waals surface area contributed by atoms with Crippen LogP contribution in [0.2, 0.25) is 0 Å². The third kappa shape index (κ3) is 10.6. The normalized spacial score (nSPS) is 19.2. The maximum Gasteiger partial charge on any atom is 0.243 e. The van der Waals surface area contributed by atoms with E-state index in [4.69, 9.17) is 4.74 Å². The molecule has 0 aromatic carbocycles. The Hall–Kier alpha value is -2.49. The number of carbonyl (C=O) groups is 5. The van der Waals surface area contributed by atoms with Gasteiger partial charge in [-0.3, -0.25) is 24.0 Å². The van der Waals surface area contributed by atoms with Crippen molar-refractivity contribution in [2.75, 3.05) is 13.7 Å². The van der Waals surface area contributed by atoms with Gasteiger partial charge in [0.25, 0.3) is 0 Å². The molecule has 36 heavy (non-hydrogen) atoms. The molecule has 206 valence electrons. The van der Waals surface area contributed by atoms with E-state index in [1.54, 1.807) is 6.92 Å². The first kappa shape index (κ1) is 31.5. The molecule has 0 aromatic rings. The summed E-state index contributed by atoms with van der Waals surface area (Å²) in [6, 6.07) is -2.66. The Morgan fingerprint density at radius 3 is 1.97 bits per heavy atom. The zero-order valence-corrected chi connectivity index (χ0v) is 23.0. The highest BCUT2D eigenvalue weighted by molar-refractivity contribution is 5.98. The van der Waals surface area contributed by atoms with Crippen LogP contribution < -0.4 is 21.3 Å². The molecule has 4 N–H and O–H groups in total. The third-order valence-corrected chi connectivity index (χ3v) is 6.28. The van der Waals surface area contributed by atoms with Crippen LogP contribution in [0.1, 0.15) is 86.5 Å². The predicted octanol–water partition coefficient (Wildman–Crippen LogP) is 1.61. The number of hydrogen-bond donors (Lipinski definition) is 4. The summed E-state index contributed by atoms with van der Waals surface area (Å²) < 4.78 is 5.29. The van der Waals surface area contributed by atoms with Crippen molar-refractivity contribution < 1.29 is 28.7 Å². The Morgan fingerprint density at radius 2 is 1.47 bits per heavy atom. The van der Waals surface area contributed by atoms with Crippen LogP contribution in [0.3, 0.4) is 0 Å².